The minimum atomic E-state index is -0.872. The molecule has 0 aliphatic rings. The molecule has 0 spiro atoms. The molecule has 1 aromatic carbocycles. The normalized spacial score (nSPS) is 10.8. The van der Waals surface area contributed by atoms with E-state index in [1.165, 1.54) is 6.07 Å². The molecule has 0 aliphatic carbocycles. The number of carbonyl (C=O) groups excluding carboxylic acids is 1. The fraction of sp³-hybridized carbons (Fsp3) is 0.462. The molecular weight excluding hydrogens is 274 g/mol. The third kappa shape index (κ3) is 4.44. The minimum Gasteiger partial charge on any atom is -0.350 e. The highest BCUT2D eigenvalue weighted by atomic mass is 35.5. The number of carbonyl (C=O) groups is 1. The minimum absolute atomic E-state index is 0. The zero-order valence-electron chi connectivity index (χ0n) is 11.0. The summed E-state index contributed by atoms with van der Waals surface area (Å²) < 4.78 is 26.7. The Balaban J connectivity index is 0.00000324. The van der Waals surface area contributed by atoms with Crippen molar-refractivity contribution in [3.63, 3.8) is 0 Å². The van der Waals surface area contributed by atoms with Gasteiger partial charge in [0.15, 0.2) is 0 Å². The van der Waals surface area contributed by atoms with Gasteiger partial charge in [-0.2, -0.15) is 0 Å². The highest BCUT2D eigenvalue weighted by molar-refractivity contribution is 5.94. The molecule has 0 heterocycles. The summed E-state index contributed by atoms with van der Waals surface area (Å²) in [6.07, 6.45) is 1.34. The van der Waals surface area contributed by atoms with Crippen molar-refractivity contribution < 1.29 is 13.6 Å². The van der Waals surface area contributed by atoms with Crippen molar-refractivity contribution >= 4 is 18.3 Å². The van der Waals surface area contributed by atoms with Crippen molar-refractivity contribution in [3.05, 3.63) is 35.4 Å². The average Bonchev–Trinajstić information content (AvgIpc) is 2.36. The summed E-state index contributed by atoms with van der Waals surface area (Å²) in [7, 11) is 0. The van der Waals surface area contributed by atoms with E-state index in [1.54, 1.807) is 0 Å². The molecule has 0 atom stereocenters. The first kappa shape index (κ1) is 17.8. The Morgan fingerprint density at radius 2 is 1.74 bits per heavy atom. The number of amides is 1. The summed E-state index contributed by atoms with van der Waals surface area (Å²) in [6.45, 7) is 3.99. The second-order valence-corrected chi connectivity index (χ2v) is 4.35. The molecule has 0 aromatic heterocycles. The Morgan fingerprint density at radius 1 is 1.26 bits per heavy atom. The van der Waals surface area contributed by atoms with Crippen LogP contribution in [0.25, 0.3) is 0 Å². The van der Waals surface area contributed by atoms with Crippen LogP contribution in [0.15, 0.2) is 18.2 Å². The Bertz CT molecular complexity index is 416. The van der Waals surface area contributed by atoms with E-state index in [2.05, 4.69) is 5.32 Å². The molecule has 0 bridgehead atoms. The monoisotopic (exact) mass is 292 g/mol. The molecule has 0 unspecified atom stereocenters. The van der Waals surface area contributed by atoms with E-state index < -0.39 is 28.6 Å². The van der Waals surface area contributed by atoms with Gasteiger partial charge in [-0.25, -0.2) is 8.78 Å². The highest BCUT2D eigenvalue weighted by Crippen LogP contribution is 2.13. The lowest BCUT2D eigenvalue weighted by molar-refractivity contribution is 0.0933. The smallest absolute Gasteiger partial charge is 0.257 e. The highest BCUT2D eigenvalue weighted by Gasteiger charge is 2.23. The van der Waals surface area contributed by atoms with Crippen LogP contribution < -0.4 is 11.1 Å². The maximum Gasteiger partial charge on any atom is 0.257 e. The van der Waals surface area contributed by atoms with E-state index in [0.717, 1.165) is 12.1 Å². The lowest BCUT2D eigenvalue weighted by Crippen LogP contribution is -2.49. The molecule has 0 saturated carbocycles. The van der Waals surface area contributed by atoms with E-state index in [-0.39, 0.29) is 19.0 Å². The summed E-state index contributed by atoms with van der Waals surface area (Å²) in [6, 6.07) is 3.31. The van der Waals surface area contributed by atoms with Gasteiger partial charge in [0.2, 0.25) is 0 Å². The number of nitrogens with two attached hydrogens (primary N) is 1. The molecule has 1 amide bonds. The van der Waals surface area contributed by atoms with Gasteiger partial charge < -0.3 is 11.1 Å². The van der Waals surface area contributed by atoms with Crippen molar-refractivity contribution in [2.24, 2.45) is 5.73 Å². The van der Waals surface area contributed by atoms with Crippen LogP contribution in [0, 0.1) is 11.6 Å². The van der Waals surface area contributed by atoms with Crippen LogP contribution in [0.4, 0.5) is 8.78 Å². The zero-order valence-corrected chi connectivity index (χ0v) is 11.8. The fourth-order valence-electron chi connectivity index (χ4n) is 1.56. The quantitative estimate of drug-likeness (QED) is 0.876. The van der Waals surface area contributed by atoms with Gasteiger partial charge >= 0.3 is 0 Å². The van der Waals surface area contributed by atoms with E-state index >= 15 is 0 Å². The Kier molecular flexibility index (Phi) is 6.94. The number of hydrogen-bond donors (Lipinski definition) is 2. The summed E-state index contributed by atoms with van der Waals surface area (Å²) in [5.41, 5.74) is 4.89. The number of hydrogen-bond acceptors (Lipinski definition) is 2. The molecule has 1 aromatic rings. The number of benzene rings is 1. The molecule has 0 saturated heterocycles. The van der Waals surface area contributed by atoms with Gasteiger partial charge in [0.05, 0.1) is 0 Å². The van der Waals surface area contributed by atoms with E-state index in [1.807, 2.05) is 13.8 Å². The van der Waals surface area contributed by atoms with Crippen LogP contribution >= 0.6 is 12.4 Å². The SMILES string of the molecule is CCC(N)(CC)CNC(=O)c1c(F)cccc1F.Cl. The molecule has 1 rings (SSSR count). The van der Waals surface area contributed by atoms with Crippen LogP contribution in [0.2, 0.25) is 0 Å². The van der Waals surface area contributed by atoms with Gasteiger partial charge in [-0.15, -0.1) is 12.4 Å². The zero-order chi connectivity index (χ0) is 13.8. The first-order chi connectivity index (χ1) is 8.43. The molecule has 0 aliphatic heterocycles. The number of halogens is 3. The van der Waals surface area contributed by atoms with Crippen molar-refractivity contribution in [1.29, 1.82) is 0 Å². The van der Waals surface area contributed by atoms with Crippen molar-refractivity contribution in [2.75, 3.05) is 6.54 Å². The van der Waals surface area contributed by atoms with Crippen molar-refractivity contribution in [2.45, 2.75) is 32.2 Å². The predicted octanol–water partition coefficient (Wildman–Crippen LogP) is 2.63. The summed E-state index contributed by atoms with van der Waals surface area (Å²) in [4.78, 5) is 11.7. The first-order valence-corrected chi connectivity index (χ1v) is 5.94. The van der Waals surface area contributed by atoms with Gasteiger partial charge in [-0.05, 0) is 25.0 Å². The number of rotatable bonds is 5. The standard InChI is InChI=1S/C13H18F2N2O.ClH/c1-3-13(16,4-2)8-17-12(18)11-9(14)6-5-7-10(11)15;/h5-7H,3-4,8,16H2,1-2H3,(H,17,18);1H. The number of nitrogens with one attached hydrogen (secondary N) is 1. The maximum absolute atomic E-state index is 13.4. The van der Waals surface area contributed by atoms with Gasteiger partial charge in [-0.3, -0.25) is 4.79 Å². The van der Waals surface area contributed by atoms with Crippen molar-refractivity contribution in [1.82, 2.24) is 5.32 Å². The van der Waals surface area contributed by atoms with Crippen molar-refractivity contribution in [3.8, 4) is 0 Å². The summed E-state index contributed by atoms with van der Waals surface area (Å²) in [5, 5.41) is 2.48. The molecule has 19 heavy (non-hydrogen) atoms. The van der Waals surface area contributed by atoms with Gasteiger partial charge in [-0.1, -0.05) is 19.9 Å². The Hall–Kier alpha value is -1.20. The molecular formula is C13H19ClF2N2O. The summed E-state index contributed by atoms with van der Waals surface area (Å²) >= 11 is 0. The lowest BCUT2D eigenvalue weighted by atomic mass is 9.94. The maximum atomic E-state index is 13.4. The van der Waals surface area contributed by atoms with Gasteiger partial charge in [0, 0.05) is 12.1 Å². The first-order valence-electron chi connectivity index (χ1n) is 5.94. The Labute approximate surface area is 118 Å². The van der Waals surface area contributed by atoms with E-state index in [9.17, 15) is 13.6 Å². The molecule has 0 fully saturated rings. The van der Waals surface area contributed by atoms with E-state index in [4.69, 9.17) is 5.73 Å². The van der Waals surface area contributed by atoms with Crippen LogP contribution in [-0.2, 0) is 0 Å². The second kappa shape index (κ2) is 7.40. The third-order valence-corrected chi connectivity index (χ3v) is 3.20. The Morgan fingerprint density at radius 3 is 2.16 bits per heavy atom. The van der Waals surface area contributed by atoms with Gasteiger partial charge in [0.25, 0.3) is 5.91 Å². The molecule has 108 valence electrons. The summed E-state index contributed by atoms with van der Waals surface area (Å²) in [5.74, 6) is -2.52. The van der Waals surface area contributed by atoms with E-state index in [0.29, 0.717) is 12.8 Å². The average molecular weight is 293 g/mol. The topological polar surface area (TPSA) is 55.1 Å². The third-order valence-electron chi connectivity index (χ3n) is 3.20. The van der Waals surface area contributed by atoms with Crippen LogP contribution in [0.5, 0.6) is 0 Å². The van der Waals surface area contributed by atoms with Crippen LogP contribution in [-0.4, -0.2) is 18.0 Å². The van der Waals surface area contributed by atoms with Crippen LogP contribution in [0.3, 0.4) is 0 Å². The largest absolute Gasteiger partial charge is 0.350 e. The predicted molar refractivity (Wildman–Crippen MR) is 73.4 cm³/mol. The fourth-order valence-corrected chi connectivity index (χ4v) is 1.56. The molecule has 0 radical (unpaired) electrons. The van der Waals surface area contributed by atoms with Crippen LogP contribution in [0.1, 0.15) is 37.0 Å². The van der Waals surface area contributed by atoms with Gasteiger partial charge in [0.1, 0.15) is 17.2 Å². The molecule has 3 N–H and O–H groups in total. The second-order valence-electron chi connectivity index (χ2n) is 4.35. The molecule has 3 nitrogen and oxygen atoms in total. The lowest BCUT2D eigenvalue weighted by Gasteiger charge is -2.26. The molecule has 6 heteroatoms.